The number of fused-ring (bicyclic) bond motifs is 4. The van der Waals surface area contributed by atoms with Gasteiger partial charge in [0.05, 0.1) is 30.7 Å². The molecule has 1 aliphatic heterocycles. The summed E-state index contributed by atoms with van der Waals surface area (Å²) in [6.45, 7) is 5.50. The van der Waals surface area contributed by atoms with Crippen LogP contribution in [0.1, 0.15) is 41.8 Å². The number of nitrogens with one attached hydrogen (secondary N) is 2. The number of benzene rings is 3. The topological polar surface area (TPSA) is 109 Å². The molecule has 5 aromatic rings. The molecule has 9 heteroatoms. The summed E-state index contributed by atoms with van der Waals surface area (Å²) >= 11 is 0. The van der Waals surface area contributed by atoms with E-state index >= 15 is 0 Å². The zero-order valence-electron chi connectivity index (χ0n) is 24.9. The molecule has 0 aliphatic carbocycles. The van der Waals surface area contributed by atoms with Gasteiger partial charge in [-0.3, -0.25) is 19.5 Å². The molecule has 9 nitrogen and oxygen atoms in total. The van der Waals surface area contributed by atoms with Crippen LogP contribution in [0.5, 0.6) is 11.5 Å². The third-order valence-corrected chi connectivity index (χ3v) is 8.21. The van der Waals surface area contributed by atoms with Crippen molar-refractivity contribution in [3.63, 3.8) is 0 Å². The predicted octanol–water partition coefficient (Wildman–Crippen LogP) is 5.28. The van der Waals surface area contributed by atoms with Crippen LogP contribution in [-0.2, 0) is 16.6 Å². The van der Waals surface area contributed by atoms with Gasteiger partial charge in [0.1, 0.15) is 11.2 Å². The number of methoxy groups -OCH3 is 2. The summed E-state index contributed by atoms with van der Waals surface area (Å²) in [5.74, 6) is 1.49. The Morgan fingerprint density at radius 2 is 1.72 bits per heavy atom. The van der Waals surface area contributed by atoms with Gasteiger partial charge in [-0.1, -0.05) is 36.4 Å². The molecule has 0 bridgehead atoms. The van der Waals surface area contributed by atoms with E-state index in [1.807, 2.05) is 80.7 Å². The molecule has 0 spiro atoms. The van der Waals surface area contributed by atoms with E-state index in [2.05, 4.69) is 15.3 Å². The first-order valence-corrected chi connectivity index (χ1v) is 14.5. The standard InChI is InChI=1S/C34H35N5O4/c1-34(2)24-11-12-25-30(38-31(37-25)26-19-22-8-5-6-9-23(22)20-36-26)29(24)32(40)39(33(34)41)17-7-15-35-16-14-21-10-13-27(42-3)28(18-21)43-4/h5-6,8-13,18-20,35H,7,14-17H2,1-4H3,(H,37,38). The highest BCUT2D eigenvalue weighted by atomic mass is 16.5. The number of carbonyl (C=O) groups is 2. The van der Waals surface area contributed by atoms with Crippen molar-refractivity contribution in [2.45, 2.75) is 32.1 Å². The van der Waals surface area contributed by atoms with Gasteiger partial charge in [0, 0.05) is 18.1 Å². The second-order valence-corrected chi connectivity index (χ2v) is 11.3. The third-order valence-electron chi connectivity index (χ3n) is 8.21. The van der Waals surface area contributed by atoms with Gasteiger partial charge in [-0.2, -0.15) is 0 Å². The van der Waals surface area contributed by atoms with Crippen molar-refractivity contribution in [3.8, 4) is 23.0 Å². The number of H-pyrrole nitrogens is 1. The lowest BCUT2D eigenvalue weighted by Crippen LogP contribution is -2.52. The van der Waals surface area contributed by atoms with Gasteiger partial charge in [-0.25, -0.2) is 4.98 Å². The van der Waals surface area contributed by atoms with Crippen LogP contribution >= 0.6 is 0 Å². The van der Waals surface area contributed by atoms with Crippen molar-refractivity contribution in [1.29, 1.82) is 0 Å². The second kappa shape index (κ2) is 11.5. The first kappa shape index (κ1) is 28.4. The molecule has 6 rings (SSSR count). The highest BCUT2D eigenvalue weighted by Crippen LogP contribution is 2.38. The zero-order valence-corrected chi connectivity index (χ0v) is 24.9. The molecule has 2 amide bonds. The SMILES string of the molecule is COc1ccc(CCNCCCN2C(=O)c3c(ccc4[nH]c(-c5cc6ccccc6cn5)nc34)C(C)(C)C2=O)cc1OC. The van der Waals surface area contributed by atoms with Crippen LogP contribution in [0.15, 0.2) is 66.9 Å². The van der Waals surface area contributed by atoms with Crippen LogP contribution in [0.2, 0.25) is 0 Å². The van der Waals surface area contributed by atoms with Gasteiger partial charge in [-0.15, -0.1) is 0 Å². The maximum atomic E-state index is 13.9. The highest BCUT2D eigenvalue weighted by molar-refractivity contribution is 6.18. The Morgan fingerprint density at radius 1 is 0.930 bits per heavy atom. The fourth-order valence-corrected chi connectivity index (χ4v) is 5.79. The number of nitrogens with zero attached hydrogens (tertiary/aromatic N) is 3. The van der Waals surface area contributed by atoms with Crippen LogP contribution < -0.4 is 14.8 Å². The van der Waals surface area contributed by atoms with Crippen molar-refractivity contribution >= 4 is 33.6 Å². The average Bonchev–Trinajstić information content (AvgIpc) is 3.47. The molecule has 3 heterocycles. The highest BCUT2D eigenvalue weighted by Gasteiger charge is 2.45. The van der Waals surface area contributed by atoms with Gasteiger partial charge >= 0.3 is 0 Å². The molecule has 0 unspecified atom stereocenters. The monoisotopic (exact) mass is 577 g/mol. The molecule has 2 N–H and O–H groups in total. The molecule has 0 atom stereocenters. The summed E-state index contributed by atoms with van der Waals surface area (Å²) in [4.78, 5) is 41.6. The van der Waals surface area contributed by atoms with E-state index in [0.29, 0.717) is 59.2 Å². The average molecular weight is 578 g/mol. The number of imidazole rings is 1. The van der Waals surface area contributed by atoms with E-state index in [0.717, 1.165) is 34.8 Å². The number of imide groups is 1. The Bertz CT molecular complexity index is 1840. The Kier molecular flexibility index (Phi) is 7.58. The fraction of sp³-hybridized carbons (Fsp3) is 0.294. The van der Waals surface area contributed by atoms with E-state index in [1.165, 1.54) is 4.90 Å². The molecule has 0 radical (unpaired) electrons. The Morgan fingerprint density at radius 3 is 2.51 bits per heavy atom. The van der Waals surface area contributed by atoms with Gasteiger partial charge in [0.25, 0.3) is 5.91 Å². The largest absolute Gasteiger partial charge is 0.493 e. The smallest absolute Gasteiger partial charge is 0.263 e. The molecule has 43 heavy (non-hydrogen) atoms. The fourth-order valence-electron chi connectivity index (χ4n) is 5.79. The number of rotatable bonds is 10. The van der Waals surface area contributed by atoms with Gasteiger partial charge in [0.15, 0.2) is 17.3 Å². The molecular weight excluding hydrogens is 542 g/mol. The second-order valence-electron chi connectivity index (χ2n) is 11.3. The van der Waals surface area contributed by atoms with E-state index in [4.69, 9.17) is 14.5 Å². The molecule has 1 aliphatic rings. The van der Waals surface area contributed by atoms with Crippen molar-refractivity contribution in [3.05, 3.63) is 83.6 Å². The van der Waals surface area contributed by atoms with E-state index < -0.39 is 5.41 Å². The summed E-state index contributed by atoms with van der Waals surface area (Å²) in [6, 6.07) is 19.7. The minimum Gasteiger partial charge on any atom is -0.493 e. The number of hydrogen-bond donors (Lipinski definition) is 2. The van der Waals surface area contributed by atoms with E-state index in [9.17, 15) is 9.59 Å². The lowest BCUT2D eigenvalue weighted by atomic mass is 9.76. The lowest BCUT2D eigenvalue weighted by Gasteiger charge is -2.37. The molecule has 0 fully saturated rings. The molecule has 0 saturated carbocycles. The third kappa shape index (κ3) is 5.21. The number of pyridine rings is 1. The van der Waals surface area contributed by atoms with Crippen molar-refractivity contribution in [2.24, 2.45) is 0 Å². The van der Waals surface area contributed by atoms with Crippen LogP contribution in [-0.4, -0.2) is 65.5 Å². The Hall–Kier alpha value is -4.76. The van der Waals surface area contributed by atoms with Crippen molar-refractivity contribution in [2.75, 3.05) is 33.9 Å². The molecule has 0 saturated heterocycles. The lowest BCUT2D eigenvalue weighted by molar-refractivity contribution is -0.134. The maximum absolute atomic E-state index is 13.9. The minimum atomic E-state index is -0.863. The van der Waals surface area contributed by atoms with E-state index in [-0.39, 0.29) is 11.8 Å². The number of amides is 2. The van der Waals surface area contributed by atoms with Crippen molar-refractivity contribution < 1.29 is 19.1 Å². The molecule has 220 valence electrons. The first-order valence-electron chi connectivity index (χ1n) is 14.5. The van der Waals surface area contributed by atoms with Crippen molar-refractivity contribution in [1.82, 2.24) is 25.2 Å². The van der Waals surface area contributed by atoms with Crippen LogP contribution in [0, 0.1) is 0 Å². The van der Waals surface area contributed by atoms with Gasteiger partial charge in [-0.05, 0) is 80.6 Å². The number of aromatic amines is 1. The maximum Gasteiger partial charge on any atom is 0.263 e. The van der Waals surface area contributed by atoms with Crippen LogP contribution in [0.25, 0.3) is 33.3 Å². The number of aromatic nitrogens is 3. The molecule has 2 aromatic heterocycles. The number of ether oxygens (including phenoxy) is 2. The van der Waals surface area contributed by atoms with E-state index in [1.54, 1.807) is 14.2 Å². The normalized spacial score (nSPS) is 14.4. The minimum absolute atomic E-state index is 0.193. The molecular formula is C34H35N5O4. The Balaban J connectivity index is 1.17. The number of carbonyl (C=O) groups excluding carboxylic acids is 2. The summed E-state index contributed by atoms with van der Waals surface area (Å²) in [6.07, 6.45) is 3.27. The quantitative estimate of drug-likeness (QED) is 0.172. The summed E-state index contributed by atoms with van der Waals surface area (Å²) < 4.78 is 10.7. The summed E-state index contributed by atoms with van der Waals surface area (Å²) in [7, 11) is 3.25. The zero-order chi connectivity index (χ0) is 30.1. The summed E-state index contributed by atoms with van der Waals surface area (Å²) in [5.41, 5.74) is 3.43. The predicted molar refractivity (Wildman–Crippen MR) is 167 cm³/mol. The van der Waals surface area contributed by atoms with Crippen LogP contribution in [0.3, 0.4) is 0 Å². The summed E-state index contributed by atoms with van der Waals surface area (Å²) in [5, 5.41) is 5.53. The van der Waals surface area contributed by atoms with Gasteiger partial charge < -0.3 is 19.8 Å². The Labute approximate surface area is 250 Å². The number of hydrogen-bond acceptors (Lipinski definition) is 7. The van der Waals surface area contributed by atoms with Crippen LogP contribution in [0.4, 0.5) is 0 Å². The van der Waals surface area contributed by atoms with Gasteiger partial charge in [0.2, 0.25) is 5.91 Å². The first-order chi connectivity index (χ1) is 20.8. The molecule has 3 aromatic carbocycles.